The average molecular weight is 156 g/mol. The van der Waals surface area contributed by atoms with Gasteiger partial charge in [0, 0.05) is 19.5 Å². The maximum Gasteiger partial charge on any atom is 0.0952 e. The Kier molecular flexibility index (Phi) is 3.07. The Balaban J connectivity index is 2.31. The van der Waals surface area contributed by atoms with Crippen molar-refractivity contribution in [3.63, 3.8) is 0 Å². The zero-order valence-corrected chi connectivity index (χ0v) is 6.47. The van der Waals surface area contributed by atoms with Gasteiger partial charge in [0.05, 0.1) is 25.6 Å². The highest BCUT2D eigenvalue weighted by Gasteiger charge is 2.02. The van der Waals surface area contributed by atoms with Crippen LogP contribution >= 0.6 is 0 Å². The van der Waals surface area contributed by atoms with Gasteiger partial charge in [-0.15, -0.1) is 0 Å². The lowest BCUT2D eigenvalue weighted by Crippen LogP contribution is -2.20. The average Bonchev–Trinajstić information content (AvgIpc) is 2.40. The molecule has 0 aliphatic rings. The van der Waals surface area contributed by atoms with Gasteiger partial charge in [0.1, 0.15) is 0 Å². The van der Waals surface area contributed by atoms with Crippen molar-refractivity contribution in [2.45, 2.75) is 12.6 Å². The number of ether oxygens (including phenoxy) is 1. The number of rotatable bonds is 4. The van der Waals surface area contributed by atoms with Crippen LogP contribution in [0.3, 0.4) is 0 Å². The maximum atomic E-state index is 9.25. The van der Waals surface area contributed by atoms with Gasteiger partial charge in [-0.25, -0.2) is 4.98 Å². The van der Waals surface area contributed by atoms with Crippen LogP contribution in [-0.4, -0.2) is 34.5 Å². The zero-order chi connectivity index (χ0) is 8.10. The molecule has 0 radical (unpaired) electrons. The van der Waals surface area contributed by atoms with Crippen LogP contribution < -0.4 is 0 Å². The van der Waals surface area contributed by atoms with Crippen molar-refractivity contribution in [1.82, 2.24) is 9.55 Å². The molecule has 11 heavy (non-hydrogen) atoms. The predicted molar refractivity (Wildman–Crippen MR) is 40.1 cm³/mol. The molecule has 0 aliphatic heterocycles. The van der Waals surface area contributed by atoms with Gasteiger partial charge in [-0.2, -0.15) is 0 Å². The molecule has 0 spiro atoms. The van der Waals surface area contributed by atoms with Crippen LogP contribution in [0.2, 0.25) is 0 Å². The summed E-state index contributed by atoms with van der Waals surface area (Å²) in [6.07, 6.45) is 4.70. The number of methoxy groups -OCH3 is 1. The summed E-state index contributed by atoms with van der Waals surface area (Å²) in [5.74, 6) is 0. The van der Waals surface area contributed by atoms with Crippen LogP contribution in [-0.2, 0) is 11.3 Å². The second-order valence-electron chi connectivity index (χ2n) is 2.37. The summed E-state index contributed by atoms with van der Waals surface area (Å²) in [5, 5.41) is 9.25. The number of imidazole rings is 1. The highest BCUT2D eigenvalue weighted by Crippen LogP contribution is 1.91. The highest BCUT2D eigenvalue weighted by molar-refractivity contribution is 4.75. The molecule has 1 aromatic rings. The van der Waals surface area contributed by atoms with Gasteiger partial charge < -0.3 is 14.4 Å². The molecule has 4 nitrogen and oxygen atoms in total. The fraction of sp³-hybridized carbons (Fsp3) is 0.571. The van der Waals surface area contributed by atoms with Gasteiger partial charge in [0.2, 0.25) is 0 Å². The molecular formula is C7H12N2O2. The topological polar surface area (TPSA) is 47.3 Å². The van der Waals surface area contributed by atoms with E-state index in [-0.39, 0.29) is 0 Å². The molecule has 0 saturated heterocycles. The molecule has 1 rings (SSSR count). The predicted octanol–water partition coefficient (Wildman–Crippen LogP) is -0.110. The Bertz CT molecular complexity index is 186. The van der Waals surface area contributed by atoms with Crippen LogP contribution in [0.1, 0.15) is 0 Å². The lowest BCUT2D eigenvalue weighted by molar-refractivity contribution is 0.0536. The van der Waals surface area contributed by atoms with E-state index in [0.717, 1.165) is 0 Å². The van der Waals surface area contributed by atoms with Crippen molar-refractivity contribution >= 4 is 0 Å². The molecule has 1 heterocycles. The van der Waals surface area contributed by atoms with Crippen LogP contribution in [0.4, 0.5) is 0 Å². The molecule has 4 heteroatoms. The third kappa shape index (κ3) is 2.69. The molecule has 1 atom stereocenters. The van der Waals surface area contributed by atoms with Crippen LogP contribution in [0, 0.1) is 0 Å². The first-order chi connectivity index (χ1) is 5.33. The van der Waals surface area contributed by atoms with E-state index < -0.39 is 6.10 Å². The summed E-state index contributed by atoms with van der Waals surface area (Å²) < 4.78 is 6.58. The molecule has 0 aliphatic carbocycles. The molecule has 0 unspecified atom stereocenters. The van der Waals surface area contributed by atoms with Crippen molar-refractivity contribution in [3.05, 3.63) is 18.7 Å². The van der Waals surface area contributed by atoms with E-state index in [4.69, 9.17) is 4.74 Å². The first-order valence-electron chi connectivity index (χ1n) is 3.45. The van der Waals surface area contributed by atoms with E-state index in [9.17, 15) is 5.11 Å². The molecular weight excluding hydrogens is 144 g/mol. The standard InChI is InChI=1S/C7H12N2O2/c1-11-5-7(10)4-9-3-2-8-6-9/h2-3,6-7,10H,4-5H2,1H3/t7-/m1/s1. The third-order valence-corrected chi connectivity index (χ3v) is 1.34. The summed E-state index contributed by atoms with van der Waals surface area (Å²) in [6.45, 7) is 0.895. The molecule has 0 bridgehead atoms. The van der Waals surface area contributed by atoms with Crippen LogP contribution in [0.15, 0.2) is 18.7 Å². The number of hydrogen-bond acceptors (Lipinski definition) is 3. The van der Waals surface area contributed by atoms with Gasteiger partial charge >= 0.3 is 0 Å². The highest BCUT2D eigenvalue weighted by atomic mass is 16.5. The minimum Gasteiger partial charge on any atom is -0.389 e. The van der Waals surface area contributed by atoms with Gasteiger partial charge in [-0.1, -0.05) is 0 Å². The summed E-state index contributed by atoms with van der Waals surface area (Å²) in [7, 11) is 1.57. The largest absolute Gasteiger partial charge is 0.389 e. The van der Waals surface area contributed by atoms with Crippen molar-refractivity contribution < 1.29 is 9.84 Å². The van der Waals surface area contributed by atoms with E-state index in [0.29, 0.717) is 13.2 Å². The minimum absolute atomic E-state index is 0.359. The maximum absolute atomic E-state index is 9.25. The van der Waals surface area contributed by atoms with Gasteiger partial charge in [0.25, 0.3) is 0 Å². The second kappa shape index (κ2) is 4.10. The molecule has 0 saturated carbocycles. The number of aromatic nitrogens is 2. The van der Waals surface area contributed by atoms with Crippen molar-refractivity contribution in [3.8, 4) is 0 Å². The van der Waals surface area contributed by atoms with Crippen LogP contribution in [0.5, 0.6) is 0 Å². The molecule has 0 fully saturated rings. The monoisotopic (exact) mass is 156 g/mol. The fourth-order valence-corrected chi connectivity index (χ4v) is 0.883. The third-order valence-electron chi connectivity index (χ3n) is 1.34. The molecule has 1 N–H and O–H groups in total. The van der Waals surface area contributed by atoms with E-state index in [2.05, 4.69) is 4.98 Å². The lowest BCUT2D eigenvalue weighted by atomic mass is 10.4. The first-order valence-corrected chi connectivity index (χ1v) is 3.45. The van der Waals surface area contributed by atoms with Crippen LogP contribution in [0.25, 0.3) is 0 Å². The first kappa shape index (κ1) is 8.23. The fourth-order valence-electron chi connectivity index (χ4n) is 0.883. The Morgan fingerprint density at radius 1 is 1.73 bits per heavy atom. The second-order valence-corrected chi connectivity index (χ2v) is 2.37. The summed E-state index contributed by atoms with van der Waals surface area (Å²) in [6, 6.07) is 0. The Hall–Kier alpha value is -0.870. The van der Waals surface area contributed by atoms with E-state index in [1.165, 1.54) is 0 Å². The number of aliphatic hydroxyl groups is 1. The van der Waals surface area contributed by atoms with Crippen molar-refractivity contribution in [1.29, 1.82) is 0 Å². The Labute approximate surface area is 65.4 Å². The lowest BCUT2D eigenvalue weighted by Gasteiger charge is -2.08. The van der Waals surface area contributed by atoms with Crippen molar-refractivity contribution in [2.24, 2.45) is 0 Å². The molecule has 0 amide bonds. The molecule has 62 valence electrons. The Morgan fingerprint density at radius 3 is 3.09 bits per heavy atom. The van der Waals surface area contributed by atoms with E-state index >= 15 is 0 Å². The number of hydrogen-bond donors (Lipinski definition) is 1. The van der Waals surface area contributed by atoms with Gasteiger partial charge in [0.15, 0.2) is 0 Å². The number of nitrogens with zero attached hydrogens (tertiary/aromatic N) is 2. The molecule has 1 aromatic heterocycles. The zero-order valence-electron chi connectivity index (χ0n) is 6.47. The quantitative estimate of drug-likeness (QED) is 0.661. The van der Waals surface area contributed by atoms with Gasteiger partial charge in [-0.05, 0) is 0 Å². The summed E-state index contributed by atoms with van der Waals surface area (Å²) in [4.78, 5) is 3.85. The smallest absolute Gasteiger partial charge is 0.0952 e. The van der Waals surface area contributed by atoms with E-state index in [1.807, 2.05) is 4.57 Å². The summed E-state index contributed by atoms with van der Waals surface area (Å²) >= 11 is 0. The van der Waals surface area contributed by atoms with Gasteiger partial charge in [-0.3, -0.25) is 0 Å². The normalized spacial score (nSPS) is 13.3. The molecule has 0 aromatic carbocycles. The minimum atomic E-state index is -0.450. The Morgan fingerprint density at radius 2 is 2.55 bits per heavy atom. The van der Waals surface area contributed by atoms with Crippen molar-refractivity contribution in [2.75, 3.05) is 13.7 Å². The summed E-state index contributed by atoms with van der Waals surface area (Å²) in [5.41, 5.74) is 0. The SMILES string of the molecule is COC[C@H](O)Cn1ccnc1. The van der Waals surface area contributed by atoms with E-state index in [1.54, 1.807) is 25.8 Å². The number of aliphatic hydroxyl groups excluding tert-OH is 1.